The molecule has 0 bridgehead atoms. The highest BCUT2D eigenvalue weighted by atomic mass is 16.6. The SMILES string of the molecule is CCCCCCCCCCCCCCCCCCCCCCCCCCCCC(=O)OCC(COC(=O)CCCCCCCCC)OC(=O)CCCCCCCCC. The van der Waals surface area contributed by atoms with Crippen molar-refractivity contribution in [1.29, 1.82) is 0 Å². The lowest BCUT2D eigenvalue weighted by molar-refractivity contribution is -0.167. The molecule has 0 radical (unpaired) electrons. The van der Waals surface area contributed by atoms with E-state index in [2.05, 4.69) is 20.8 Å². The van der Waals surface area contributed by atoms with Gasteiger partial charge in [-0.3, -0.25) is 14.4 Å². The topological polar surface area (TPSA) is 78.9 Å². The van der Waals surface area contributed by atoms with E-state index >= 15 is 0 Å². The van der Waals surface area contributed by atoms with E-state index in [0.717, 1.165) is 57.8 Å². The Bertz CT molecular complexity index is 859. The van der Waals surface area contributed by atoms with Gasteiger partial charge in [-0.2, -0.15) is 0 Å². The molecule has 0 fully saturated rings. The quantitative estimate of drug-likeness (QED) is 0.0346. The van der Waals surface area contributed by atoms with Crippen molar-refractivity contribution in [1.82, 2.24) is 0 Å². The zero-order valence-corrected chi connectivity index (χ0v) is 39.3. The Kier molecular flexibility index (Phi) is 46.8. The molecule has 1 unspecified atom stereocenters. The van der Waals surface area contributed by atoms with Gasteiger partial charge in [0, 0.05) is 19.3 Å². The summed E-state index contributed by atoms with van der Waals surface area (Å²) in [6.07, 6.45) is 51.5. The Morgan fingerprint density at radius 2 is 0.466 bits per heavy atom. The van der Waals surface area contributed by atoms with Crippen molar-refractivity contribution in [3.63, 3.8) is 0 Å². The average molecular weight is 821 g/mol. The highest BCUT2D eigenvalue weighted by Gasteiger charge is 2.19. The van der Waals surface area contributed by atoms with Gasteiger partial charge < -0.3 is 14.2 Å². The van der Waals surface area contributed by atoms with Crippen molar-refractivity contribution >= 4 is 17.9 Å². The molecule has 6 nitrogen and oxygen atoms in total. The molecule has 0 N–H and O–H groups in total. The second-order valence-electron chi connectivity index (χ2n) is 17.8. The lowest BCUT2D eigenvalue weighted by Crippen LogP contribution is -2.30. The van der Waals surface area contributed by atoms with Gasteiger partial charge in [0.05, 0.1) is 0 Å². The van der Waals surface area contributed by atoms with E-state index in [9.17, 15) is 14.4 Å². The lowest BCUT2D eigenvalue weighted by Gasteiger charge is -2.18. The van der Waals surface area contributed by atoms with E-state index in [0.29, 0.717) is 19.3 Å². The molecule has 0 saturated carbocycles. The Hall–Kier alpha value is -1.59. The first-order valence-electron chi connectivity index (χ1n) is 26.0. The first kappa shape index (κ1) is 56.4. The van der Waals surface area contributed by atoms with E-state index in [1.165, 1.54) is 199 Å². The van der Waals surface area contributed by atoms with Gasteiger partial charge in [-0.25, -0.2) is 0 Å². The molecule has 0 aliphatic carbocycles. The van der Waals surface area contributed by atoms with Crippen LogP contribution in [-0.4, -0.2) is 37.2 Å². The molecule has 0 aromatic rings. The fraction of sp³-hybridized carbons (Fsp3) is 0.942. The number of hydrogen-bond acceptors (Lipinski definition) is 6. The minimum absolute atomic E-state index is 0.0637. The van der Waals surface area contributed by atoms with Crippen molar-refractivity contribution < 1.29 is 28.6 Å². The molecule has 1 atom stereocenters. The molecule has 0 aliphatic heterocycles. The second kappa shape index (κ2) is 48.1. The maximum Gasteiger partial charge on any atom is 0.306 e. The average Bonchev–Trinajstić information content (AvgIpc) is 3.22. The van der Waals surface area contributed by atoms with Gasteiger partial charge in [0.1, 0.15) is 13.2 Å². The highest BCUT2D eigenvalue weighted by Crippen LogP contribution is 2.17. The van der Waals surface area contributed by atoms with Crippen LogP contribution in [0.3, 0.4) is 0 Å². The first-order chi connectivity index (χ1) is 28.5. The molecule has 0 heterocycles. The van der Waals surface area contributed by atoms with Crippen LogP contribution in [0, 0.1) is 0 Å². The van der Waals surface area contributed by atoms with Crippen LogP contribution in [0.5, 0.6) is 0 Å². The fourth-order valence-electron chi connectivity index (χ4n) is 7.92. The Balaban J connectivity index is 3.90. The third kappa shape index (κ3) is 45.5. The van der Waals surface area contributed by atoms with Crippen molar-refractivity contribution in [3.8, 4) is 0 Å². The standard InChI is InChI=1S/C52H100O6/c1-4-7-10-13-16-17-18-19-20-21-22-23-24-25-26-27-28-29-30-31-32-33-34-37-39-42-45-51(54)57-48-49(58-52(55)46-43-40-36-15-12-9-6-3)47-56-50(53)44-41-38-35-14-11-8-5-2/h49H,4-48H2,1-3H3. The molecule has 0 saturated heterocycles. The summed E-state index contributed by atoms with van der Waals surface area (Å²) in [5.41, 5.74) is 0. The molecule has 0 spiro atoms. The number of carbonyl (C=O) groups is 3. The maximum atomic E-state index is 12.6. The largest absolute Gasteiger partial charge is 0.462 e. The van der Waals surface area contributed by atoms with Crippen LogP contribution in [0.4, 0.5) is 0 Å². The zero-order valence-electron chi connectivity index (χ0n) is 39.3. The molecule has 344 valence electrons. The monoisotopic (exact) mass is 821 g/mol. The predicted molar refractivity (Wildman–Crippen MR) is 247 cm³/mol. The van der Waals surface area contributed by atoms with Crippen molar-refractivity contribution in [2.75, 3.05) is 13.2 Å². The molecule has 6 heteroatoms. The first-order valence-corrected chi connectivity index (χ1v) is 26.0. The van der Waals surface area contributed by atoms with E-state index in [-0.39, 0.29) is 31.1 Å². The zero-order chi connectivity index (χ0) is 42.3. The van der Waals surface area contributed by atoms with E-state index in [1.807, 2.05) is 0 Å². The Labute approximate surface area is 361 Å². The Morgan fingerprint density at radius 3 is 0.690 bits per heavy atom. The van der Waals surface area contributed by atoms with Crippen LogP contribution < -0.4 is 0 Å². The molecule has 0 rings (SSSR count). The van der Waals surface area contributed by atoms with Gasteiger partial charge >= 0.3 is 17.9 Å². The normalized spacial score (nSPS) is 11.8. The summed E-state index contributed by atoms with van der Waals surface area (Å²) in [6, 6.07) is 0. The third-order valence-corrected chi connectivity index (χ3v) is 11.9. The molecular weight excluding hydrogens is 721 g/mol. The van der Waals surface area contributed by atoms with E-state index in [1.54, 1.807) is 0 Å². The summed E-state index contributed by atoms with van der Waals surface area (Å²) < 4.78 is 16.6. The van der Waals surface area contributed by atoms with Crippen LogP contribution in [0.2, 0.25) is 0 Å². The highest BCUT2D eigenvalue weighted by molar-refractivity contribution is 5.71. The van der Waals surface area contributed by atoms with Crippen molar-refractivity contribution in [2.45, 2.75) is 303 Å². The van der Waals surface area contributed by atoms with Gasteiger partial charge in [-0.1, -0.05) is 258 Å². The number of esters is 3. The van der Waals surface area contributed by atoms with E-state index in [4.69, 9.17) is 14.2 Å². The minimum Gasteiger partial charge on any atom is -0.462 e. The molecule has 0 aromatic heterocycles. The van der Waals surface area contributed by atoms with E-state index < -0.39 is 6.10 Å². The summed E-state index contributed by atoms with van der Waals surface area (Å²) in [5.74, 6) is -0.862. The summed E-state index contributed by atoms with van der Waals surface area (Å²) in [6.45, 7) is 6.59. The molecule has 58 heavy (non-hydrogen) atoms. The van der Waals surface area contributed by atoms with Gasteiger partial charge in [0.15, 0.2) is 6.10 Å². The number of carbonyl (C=O) groups excluding carboxylic acids is 3. The summed E-state index contributed by atoms with van der Waals surface area (Å²) in [4.78, 5) is 37.5. The number of hydrogen-bond donors (Lipinski definition) is 0. The van der Waals surface area contributed by atoms with Crippen molar-refractivity contribution in [3.05, 3.63) is 0 Å². The van der Waals surface area contributed by atoms with Gasteiger partial charge in [0.25, 0.3) is 0 Å². The van der Waals surface area contributed by atoms with Crippen LogP contribution in [0.25, 0.3) is 0 Å². The maximum absolute atomic E-state index is 12.6. The summed E-state index contributed by atoms with van der Waals surface area (Å²) in [7, 11) is 0. The fourth-order valence-corrected chi connectivity index (χ4v) is 7.92. The van der Waals surface area contributed by atoms with Crippen LogP contribution in [0.15, 0.2) is 0 Å². The molecule has 0 amide bonds. The second-order valence-corrected chi connectivity index (χ2v) is 17.8. The van der Waals surface area contributed by atoms with Gasteiger partial charge in [-0.05, 0) is 19.3 Å². The van der Waals surface area contributed by atoms with Gasteiger partial charge in [-0.15, -0.1) is 0 Å². The molecular formula is C52H100O6. The van der Waals surface area contributed by atoms with Gasteiger partial charge in [0.2, 0.25) is 0 Å². The summed E-state index contributed by atoms with van der Waals surface area (Å²) >= 11 is 0. The molecule has 0 aromatic carbocycles. The van der Waals surface area contributed by atoms with Crippen molar-refractivity contribution in [2.24, 2.45) is 0 Å². The van der Waals surface area contributed by atoms with Crippen LogP contribution in [0.1, 0.15) is 297 Å². The number of unbranched alkanes of at least 4 members (excludes halogenated alkanes) is 37. The number of rotatable bonds is 48. The minimum atomic E-state index is -0.757. The van der Waals surface area contributed by atoms with Crippen LogP contribution in [-0.2, 0) is 28.6 Å². The smallest absolute Gasteiger partial charge is 0.306 e. The van der Waals surface area contributed by atoms with Crippen LogP contribution >= 0.6 is 0 Å². The number of ether oxygens (including phenoxy) is 3. The lowest BCUT2D eigenvalue weighted by atomic mass is 10.0. The Morgan fingerprint density at radius 1 is 0.276 bits per heavy atom. The predicted octanol–water partition coefficient (Wildman–Crippen LogP) is 16.8. The third-order valence-electron chi connectivity index (χ3n) is 11.9. The molecule has 0 aliphatic rings. The summed E-state index contributed by atoms with van der Waals surface area (Å²) in [5, 5.41) is 0.